The van der Waals surface area contributed by atoms with Crippen LogP contribution >= 0.6 is 0 Å². The lowest BCUT2D eigenvalue weighted by Gasteiger charge is -2.32. The van der Waals surface area contributed by atoms with Crippen LogP contribution in [-0.4, -0.2) is 61.3 Å². The molecule has 0 amide bonds. The number of nitro groups is 1. The van der Waals surface area contributed by atoms with Gasteiger partial charge in [0.25, 0.3) is 5.69 Å². The van der Waals surface area contributed by atoms with Crippen molar-refractivity contribution in [1.29, 1.82) is 0 Å². The predicted octanol–water partition coefficient (Wildman–Crippen LogP) is 3.10. The van der Waals surface area contributed by atoms with Gasteiger partial charge in [0.15, 0.2) is 0 Å². The zero-order valence-corrected chi connectivity index (χ0v) is 18.6. The molecule has 1 aliphatic rings. The van der Waals surface area contributed by atoms with Gasteiger partial charge in [-0.1, -0.05) is 18.2 Å². The first-order valence-corrected chi connectivity index (χ1v) is 10.2. The molecule has 2 unspecified atom stereocenters. The highest BCUT2D eigenvalue weighted by Gasteiger charge is 2.45. The fourth-order valence-corrected chi connectivity index (χ4v) is 3.69. The predicted molar refractivity (Wildman–Crippen MR) is 116 cm³/mol. The van der Waals surface area contributed by atoms with Crippen LogP contribution < -0.4 is 0 Å². The van der Waals surface area contributed by atoms with Crippen molar-refractivity contribution < 1.29 is 24.0 Å². The second kappa shape index (κ2) is 10.8. The maximum absolute atomic E-state index is 13.1. The Kier molecular flexibility index (Phi) is 8.44. The lowest BCUT2D eigenvalue weighted by Crippen LogP contribution is -2.37. The van der Waals surface area contributed by atoms with E-state index in [1.165, 1.54) is 6.07 Å². The molecule has 0 N–H and O–H groups in total. The molecule has 168 valence electrons. The molecule has 0 radical (unpaired) electrons. The van der Waals surface area contributed by atoms with E-state index in [4.69, 9.17) is 9.47 Å². The van der Waals surface area contributed by atoms with Gasteiger partial charge in [0.1, 0.15) is 5.92 Å². The first-order valence-electron chi connectivity index (χ1n) is 10.2. The van der Waals surface area contributed by atoms with Crippen LogP contribution in [0.2, 0.25) is 0 Å². The highest BCUT2D eigenvalue weighted by Crippen LogP contribution is 2.44. The van der Waals surface area contributed by atoms with Gasteiger partial charge in [-0.25, -0.2) is 4.79 Å². The molecule has 0 aromatic heterocycles. The fraction of sp³-hybridized carbons (Fsp3) is 0.500. The van der Waals surface area contributed by atoms with Crippen molar-refractivity contribution in [1.82, 2.24) is 4.90 Å². The standard InChI is InChI=1S/C22H29N3O6/c1-6-30-21(26)18-14(3)23-16(12-13-24(4)5)20(22(27)31-7-2)19(18)15-10-8-9-11-17(15)25(28)29/h8-11,18-19H,6-7,12-13H2,1-5H3. The van der Waals surface area contributed by atoms with Crippen molar-refractivity contribution in [2.24, 2.45) is 10.9 Å². The van der Waals surface area contributed by atoms with Crippen molar-refractivity contribution in [3.63, 3.8) is 0 Å². The summed E-state index contributed by atoms with van der Waals surface area (Å²) in [5, 5.41) is 11.8. The Morgan fingerprint density at radius 2 is 1.81 bits per heavy atom. The summed E-state index contributed by atoms with van der Waals surface area (Å²) in [4.78, 5) is 43.8. The van der Waals surface area contributed by atoms with E-state index >= 15 is 0 Å². The molecule has 31 heavy (non-hydrogen) atoms. The van der Waals surface area contributed by atoms with Gasteiger partial charge in [0.2, 0.25) is 0 Å². The average molecular weight is 431 g/mol. The summed E-state index contributed by atoms with van der Waals surface area (Å²) >= 11 is 0. The third-order valence-electron chi connectivity index (χ3n) is 5.02. The number of carbonyl (C=O) groups excluding carboxylic acids is 2. The average Bonchev–Trinajstić information content (AvgIpc) is 2.71. The zero-order chi connectivity index (χ0) is 23.1. The van der Waals surface area contributed by atoms with E-state index in [9.17, 15) is 19.7 Å². The van der Waals surface area contributed by atoms with E-state index in [0.717, 1.165) is 0 Å². The molecule has 1 heterocycles. The number of aliphatic imine (C=N–C) groups is 1. The number of ether oxygens (including phenoxy) is 2. The lowest BCUT2D eigenvalue weighted by atomic mass is 9.74. The summed E-state index contributed by atoms with van der Waals surface area (Å²) in [6, 6.07) is 6.12. The number of para-hydroxylation sites is 1. The Labute approximate surface area is 181 Å². The molecule has 1 aromatic carbocycles. The van der Waals surface area contributed by atoms with Gasteiger partial charge in [-0.2, -0.15) is 0 Å². The molecule has 0 aliphatic carbocycles. The Balaban J connectivity index is 2.79. The van der Waals surface area contributed by atoms with Crippen LogP contribution in [0.4, 0.5) is 5.69 Å². The molecule has 2 atom stereocenters. The van der Waals surface area contributed by atoms with Crippen molar-refractivity contribution >= 4 is 23.3 Å². The summed E-state index contributed by atoms with van der Waals surface area (Å²) in [5.74, 6) is -3.12. The summed E-state index contributed by atoms with van der Waals surface area (Å²) in [6.45, 7) is 5.90. The Bertz CT molecular complexity index is 906. The Morgan fingerprint density at radius 3 is 2.39 bits per heavy atom. The van der Waals surface area contributed by atoms with Gasteiger partial charge < -0.3 is 14.4 Å². The number of nitro benzene ring substituents is 1. The fourth-order valence-electron chi connectivity index (χ4n) is 3.69. The third kappa shape index (κ3) is 5.55. The Morgan fingerprint density at radius 1 is 1.16 bits per heavy atom. The number of esters is 2. The van der Waals surface area contributed by atoms with Crippen LogP contribution in [0.1, 0.15) is 38.7 Å². The van der Waals surface area contributed by atoms with Gasteiger partial charge >= 0.3 is 11.9 Å². The number of rotatable bonds is 9. The third-order valence-corrected chi connectivity index (χ3v) is 5.02. The van der Waals surface area contributed by atoms with E-state index < -0.39 is 28.7 Å². The van der Waals surface area contributed by atoms with Gasteiger partial charge in [0, 0.05) is 36.2 Å². The maximum Gasteiger partial charge on any atom is 0.336 e. The molecule has 0 bridgehead atoms. The highest BCUT2D eigenvalue weighted by molar-refractivity contribution is 6.07. The zero-order valence-electron chi connectivity index (χ0n) is 18.6. The van der Waals surface area contributed by atoms with Gasteiger partial charge in [-0.3, -0.25) is 19.9 Å². The quantitative estimate of drug-likeness (QED) is 0.335. The van der Waals surface area contributed by atoms with E-state index in [-0.39, 0.29) is 30.0 Å². The topological polar surface area (TPSA) is 111 Å². The van der Waals surface area contributed by atoms with Crippen LogP contribution in [-0.2, 0) is 19.1 Å². The minimum Gasteiger partial charge on any atom is -0.465 e. The summed E-state index contributed by atoms with van der Waals surface area (Å²) in [5.41, 5.74) is 1.16. The van der Waals surface area contributed by atoms with Gasteiger partial charge in [-0.15, -0.1) is 0 Å². The summed E-state index contributed by atoms with van der Waals surface area (Å²) in [7, 11) is 3.79. The molecule has 2 rings (SSSR count). The summed E-state index contributed by atoms with van der Waals surface area (Å²) < 4.78 is 10.5. The maximum atomic E-state index is 13.1. The smallest absolute Gasteiger partial charge is 0.336 e. The molecule has 1 aromatic rings. The number of carbonyl (C=O) groups is 2. The monoisotopic (exact) mass is 431 g/mol. The molecule has 0 spiro atoms. The van der Waals surface area contributed by atoms with Crippen molar-refractivity contribution in [2.45, 2.75) is 33.1 Å². The molecule has 0 saturated carbocycles. The largest absolute Gasteiger partial charge is 0.465 e. The highest BCUT2D eigenvalue weighted by atomic mass is 16.6. The van der Waals surface area contributed by atoms with Crippen LogP contribution in [0.3, 0.4) is 0 Å². The van der Waals surface area contributed by atoms with Crippen molar-refractivity contribution in [3.8, 4) is 0 Å². The van der Waals surface area contributed by atoms with E-state index in [1.807, 2.05) is 19.0 Å². The number of hydrogen-bond donors (Lipinski definition) is 0. The second-order valence-corrected chi connectivity index (χ2v) is 7.41. The normalized spacial score (nSPS) is 18.6. The minimum absolute atomic E-state index is 0.125. The van der Waals surface area contributed by atoms with Crippen LogP contribution in [0.15, 0.2) is 40.5 Å². The molecular weight excluding hydrogens is 402 g/mol. The van der Waals surface area contributed by atoms with Crippen molar-refractivity contribution in [2.75, 3.05) is 33.9 Å². The number of hydrogen-bond acceptors (Lipinski definition) is 8. The Hall–Kier alpha value is -3.07. The first kappa shape index (κ1) is 24.2. The van der Waals surface area contributed by atoms with Gasteiger partial charge in [0.05, 0.1) is 29.4 Å². The minimum atomic E-state index is -0.969. The SMILES string of the molecule is CCOC(=O)C1=C(CCN(C)C)N=C(C)C(C(=O)OCC)C1c1ccccc1[N+](=O)[O-]. The van der Waals surface area contributed by atoms with Crippen molar-refractivity contribution in [3.05, 3.63) is 51.2 Å². The van der Waals surface area contributed by atoms with Gasteiger partial charge in [-0.05, 0) is 34.9 Å². The molecule has 0 saturated heterocycles. The van der Waals surface area contributed by atoms with Crippen LogP contribution in [0.5, 0.6) is 0 Å². The lowest BCUT2D eigenvalue weighted by molar-refractivity contribution is -0.385. The molecule has 1 aliphatic heterocycles. The number of benzene rings is 1. The molecule has 9 heteroatoms. The second-order valence-electron chi connectivity index (χ2n) is 7.41. The van der Waals surface area contributed by atoms with Crippen LogP contribution in [0, 0.1) is 16.0 Å². The molecule has 9 nitrogen and oxygen atoms in total. The molecular formula is C22H29N3O6. The van der Waals surface area contributed by atoms with E-state index in [2.05, 4.69) is 4.99 Å². The van der Waals surface area contributed by atoms with Crippen LogP contribution in [0.25, 0.3) is 0 Å². The number of nitrogens with zero attached hydrogens (tertiary/aromatic N) is 3. The van der Waals surface area contributed by atoms with E-state index in [0.29, 0.717) is 24.4 Å². The summed E-state index contributed by atoms with van der Waals surface area (Å²) in [6.07, 6.45) is 0.422. The van der Waals surface area contributed by atoms with E-state index in [1.54, 1.807) is 39.0 Å². The molecule has 0 fully saturated rings. The first-order chi connectivity index (χ1) is 14.7.